The predicted molar refractivity (Wildman–Crippen MR) is 64.0 cm³/mol. The molecule has 0 aliphatic rings. The highest BCUT2D eigenvalue weighted by Gasteiger charge is 2.15. The Kier molecular flexibility index (Phi) is 4.88. The molecule has 16 heavy (non-hydrogen) atoms. The van der Waals surface area contributed by atoms with Gasteiger partial charge in [0.05, 0.1) is 11.5 Å². The molecular weight excluding hydrogens is 248 g/mol. The minimum Gasteiger partial charge on any atom is -0.391 e. The monoisotopic (exact) mass is 264 g/mol. The quantitative estimate of drug-likeness (QED) is 0.763. The Labute approximate surface area is 99.8 Å². The van der Waals surface area contributed by atoms with Gasteiger partial charge in [-0.3, -0.25) is 0 Å². The van der Waals surface area contributed by atoms with Crippen LogP contribution in [0.25, 0.3) is 0 Å². The lowest BCUT2D eigenvalue weighted by molar-refractivity contribution is 0.285. The number of thiophene rings is 1. The van der Waals surface area contributed by atoms with Crippen LogP contribution in [0.2, 0.25) is 0 Å². The van der Waals surface area contributed by atoms with Crippen molar-refractivity contribution < 1.29 is 13.5 Å². The van der Waals surface area contributed by atoms with Gasteiger partial charge in [-0.1, -0.05) is 0 Å². The summed E-state index contributed by atoms with van der Waals surface area (Å²) in [6, 6.07) is 1.49. The summed E-state index contributed by atoms with van der Waals surface area (Å²) in [5, 5.41) is 10.4. The Bertz CT molecular complexity index is 426. The van der Waals surface area contributed by atoms with Crippen LogP contribution in [0, 0.1) is 0 Å². The fourth-order valence-corrected chi connectivity index (χ4v) is 3.23. The summed E-state index contributed by atoms with van der Waals surface area (Å²) in [4.78, 5) is 2.77. The molecule has 0 fully saturated rings. The highest BCUT2D eigenvalue weighted by Crippen LogP contribution is 2.18. The second kappa shape index (κ2) is 5.74. The molecule has 0 amide bonds. The van der Waals surface area contributed by atoms with E-state index in [9.17, 15) is 8.42 Å². The first kappa shape index (κ1) is 13.6. The minimum atomic E-state index is -3.42. The molecule has 1 rings (SSSR count). The standard InChI is InChI=1S/C9H16N2O3S2/c1-11(2)4-3-10-16(13,14)9-5-8(6-12)15-7-9/h5,7,10,12H,3-4,6H2,1-2H3. The van der Waals surface area contributed by atoms with Gasteiger partial charge in [-0.05, 0) is 20.2 Å². The van der Waals surface area contributed by atoms with Gasteiger partial charge in [0, 0.05) is 23.3 Å². The summed E-state index contributed by atoms with van der Waals surface area (Å²) in [6.07, 6.45) is 0. The molecule has 0 atom stereocenters. The number of aliphatic hydroxyl groups is 1. The Balaban J connectivity index is 2.63. The number of hydrogen-bond donors (Lipinski definition) is 2. The zero-order valence-corrected chi connectivity index (χ0v) is 10.9. The Morgan fingerprint density at radius 3 is 2.69 bits per heavy atom. The number of hydrogen-bond acceptors (Lipinski definition) is 5. The second-order valence-electron chi connectivity index (χ2n) is 3.61. The number of aliphatic hydroxyl groups excluding tert-OH is 1. The largest absolute Gasteiger partial charge is 0.391 e. The minimum absolute atomic E-state index is 0.127. The Morgan fingerprint density at radius 1 is 1.50 bits per heavy atom. The lowest BCUT2D eigenvalue weighted by atomic mass is 10.5. The lowest BCUT2D eigenvalue weighted by Crippen LogP contribution is -2.31. The van der Waals surface area contributed by atoms with E-state index in [4.69, 9.17) is 5.11 Å². The fraction of sp³-hybridized carbons (Fsp3) is 0.556. The smallest absolute Gasteiger partial charge is 0.241 e. The molecule has 0 aromatic carbocycles. The average molecular weight is 264 g/mol. The van der Waals surface area contributed by atoms with E-state index < -0.39 is 10.0 Å². The van der Waals surface area contributed by atoms with Crippen LogP contribution < -0.4 is 4.72 Å². The highest BCUT2D eigenvalue weighted by atomic mass is 32.2. The molecule has 0 spiro atoms. The van der Waals surface area contributed by atoms with Crippen molar-refractivity contribution >= 4 is 21.4 Å². The van der Waals surface area contributed by atoms with E-state index in [1.54, 1.807) is 0 Å². The summed E-state index contributed by atoms with van der Waals surface area (Å²) < 4.78 is 26.0. The zero-order valence-electron chi connectivity index (χ0n) is 9.30. The van der Waals surface area contributed by atoms with Crippen molar-refractivity contribution in [2.24, 2.45) is 0 Å². The number of nitrogens with one attached hydrogen (secondary N) is 1. The van der Waals surface area contributed by atoms with Crippen LogP contribution in [-0.2, 0) is 16.6 Å². The molecule has 92 valence electrons. The van der Waals surface area contributed by atoms with Gasteiger partial charge < -0.3 is 10.0 Å². The number of rotatable bonds is 6. The summed E-state index contributed by atoms with van der Waals surface area (Å²) in [7, 11) is 0.333. The molecule has 1 aromatic rings. The van der Waals surface area contributed by atoms with Gasteiger partial charge in [0.2, 0.25) is 10.0 Å². The summed E-state index contributed by atoms with van der Waals surface area (Å²) in [5.41, 5.74) is 0. The van der Waals surface area contributed by atoms with Crippen LogP contribution in [0.1, 0.15) is 4.88 Å². The number of nitrogens with zero attached hydrogens (tertiary/aromatic N) is 1. The SMILES string of the molecule is CN(C)CCNS(=O)(=O)c1csc(CO)c1. The number of likely N-dealkylation sites (N-methyl/N-ethyl adjacent to an activating group) is 1. The van der Waals surface area contributed by atoms with Crippen LogP contribution in [0.5, 0.6) is 0 Å². The predicted octanol–water partition coefficient (Wildman–Crippen LogP) is 0.0803. The van der Waals surface area contributed by atoms with Crippen molar-refractivity contribution in [1.29, 1.82) is 0 Å². The van der Waals surface area contributed by atoms with Gasteiger partial charge >= 0.3 is 0 Å². The highest BCUT2D eigenvalue weighted by molar-refractivity contribution is 7.89. The molecular formula is C9H16N2O3S2. The van der Waals surface area contributed by atoms with Crippen LogP contribution in [0.3, 0.4) is 0 Å². The Hall–Kier alpha value is -0.470. The van der Waals surface area contributed by atoms with Crippen LogP contribution in [0.4, 0.5) is 0 Å². The fourth-order valence-electron chi connectivity index (χ4n) is 1.07. The molecule has 0 aliphatic heterocycles. The number of sulfonamides is 1. The molecule has 0 aliphatic carbocycles. The molecule has 0 saturated heterocycles. The van der Waals surface area contributed by atoms with E-state index in [-0.39, 0.29) is 11.5 Å². The molecule has 0 bridgehead atoms. The molecule has 1 aromatic heterocycles. The first-order valence-electron chi connectivity index (χ1n) is 4.78. The van der Waals surface area contributed by atoms with E-state index in [2.05, 4.69) is 4.72 Å². The van der Waals surface area contributed by atoms with Gasteiger partial charge in [-0.2, -0.15) is 0 Å². The van der Waals surface area contributed by atoms with Gasteiger partial charge in [0.1, 0.15) is 0 Å². The third-order valence-corrected chi connectivity index (χ3v) is 4.46. The van der Waals surface area contributed by atoms with Crippen molar-refractivity contribution in [2.75, 3.05) is 27.2 Å². The Morgan fingerprint density at radius 2 is 2.19 bits per heavy atom. The zero-order chi connectivity index (χ0) is 12.2. The van der Waals surface area contributed by atoms with Gasteiger partial charge in [0.15, 0.2) is 0 Å². The van der Waals surface area contributed by atoms with Crippen molar-refractivity contribution in [1.82, 2.24) is 9.62 Å². The molecule has 2 N–H and O–H groups in total. The topological polar surface area (TPSA) is 69.6 Å². The van der Waals surface area contributed by atoms with Gasteiger partial charge in [0.25, 0.3) is 0 Å². The maximum absolute atomic E-state index is 11.7. The molecule has 0 radical (unpaired) electrons. The summed E-state index contributed by atoms with van der Waals surface area (Å²) in [5.74, 6) is 0. The third-order valence-electron chi connectivity index (χ3n) is 1.95. The molecule has 7 heteroatoms. The first-order chi connectivity index (χ1) is 7.45. The van der Waals surface area contributed by atoms with E-state index in [0.717, 1.165) is 0 Å². The van der Waals surface area contributed by atoms with E-state index in [1.807, 2.05) is 19.0 Å². The van der Waals surface area contributed by atoms with Crippen LogP contribution in [0.15, 0.2) is 16.3 Å². The lowest BCUT2D eigenvalue weighted by Gasteiger charge is -2.09. The summed E-state index contributed by atoms with van der Waals surface area (Å²) in [6.45, 7) is 0.897. The van der Waals surface area contributed by atoms with Gasteiger partial charge in [-0.25, -0.2) is 13.1 Å². The van der Waals surface area contributed by atoms with E-state index in [0.29, 0.717) is 18.0 Å². The van der Waals surface area contributed by atoms with Crippen molar-refractivity contribution in [3.8, 4) is 0 Å². The molecule has 0 unspecified atom stereocenters. The van der Waals surface area contributed by atoms with Crippen molar-refractivity contribution in [2.45, 2.75) is 11.5 Å². The van der Waals surface area contributed by atoms with Gasteiger partial charge in [-0.15, -0.1) is 11.3 Å². The first-order valence-corrected chi connectivity index (χ1v) is 7.14. The van der Waals surface area contributed by atoms with Crippen molar-refractivity contribution in [3.63, 3.8) is 0 Å². The van der Waals surface area contributed by atoms with Crippen LogP contribution in [-0.4, -0.2) is 45.6 Å². The molecule has 5 nitrogen and oxygen atoms in total. The molecule has 0 saturated carbocycles. The average Bonchev–Trinajstić information content (AvgIpc) is 2.65. The summed E-state index contributed by atoms with van der Waals surface area (Å²) >= 11 is 1.24. The maximum atomic E-state index is 11.7. The normalized spacial score (nSPS) is 12.2. The van der Waals surface area contributed by atoms with Crippen molar-refractivity contribution in [3.05, 3.63) is 16.3 Å². The molecule has 1 heterocycles. The maximum Gasteiger partial charge on any atom is 0.241 e. The van der Waals surface area contributed by atoms with Crippen LogP contribution >= 0.6 is 11.3 Å². The second-order valence-corrected chi connectivity index (χ2v) is 6.37. The third kappa shape index (κ3) is 3.84. The van der Waals surface area contributed by atoms with E-state index in [1.165, 1.54) is 22.8 Å². The van der Waals surface area contributed by atoms with E-state index >= 15 is 0 Å².